The van der Waals surface area contributed by atoms with Gasteiger partial charge in [0, 0.05) is 6.20 Å². The molecule has 0 atom stereocenters. The minimum Gasteiger partial charge on any atom is -0.465 e. The van der Waals surface area contributed by atoms with E-state index in [4.69, 9.17) is 5.73 Å². The van der Waals surface area contributed by atoms with Gasteiger partial charge in [0.15, 0.2) is 0 Å². The van der Waals surface area contributed by atoms with Crippen molar-refractivity contribution in [2.75, 3.05) is 12.8 Å². The first-order valence-electron chi connectivity index (χ1n) is 3.64. The van der Waals surface area contributed by atoms with Crippen LogP contribution in [-0.4, -0.2) is 23.0 Å². The van der Waals surface area contributed by atoms with Gasteiger partial charge in [-0.2, -0.15) is 13.2 Å². The lowest BCUT2D eigenvalue weighted by atomic mass is 10.3. The van der Waals surface area contributed by atoms with Crippen LogP contribution in [0.15, 0.2) is 6.20 Å². The standard InChI is InChI=1S/C7H6F3N3O2/c1-15-5(14)3-2-12-6(7(8,9)10)13-4(3)11/h2H,1H3,(H2,11,12,13). The van der Waals surface area contributed by atoms with Gasteiger partial charge in [-0.05, 0) is 0 Å². The summed E-state index contributed by atoms with van der Waals surface area (Å²) < 4.78 is 40.5. The summed E-state index contributed by atoms with van der Waals surface area (Å²) in [5, 5.41) is 0. The van der Waals surface area contributed by atoms with Crippen LogP contribution in [-0.2, 0) is 10.9 Å². The highest BCUT2D eigenvalue weighted by Crippen LogP contribution is 2.26. The fraction of sp³-hybridized carbons (Fsp3) is 0.286. The molecule has 82 valence electrons. The Morgan fingerprint density at radius 2 is 2.13 bits per heavy atom. The maximum atomic E-state index is 12.1. The molecule has 1 aromatic rings. The molecule has 0 amide bonds. The molecule has 0 saturated heterocycles. The lowest BCUT2D eigenvalue weighted by Gasteiger charge is -2.06. The van der Waals surface area contributed by atoms with E-state index in [9.17, 15) is 18.0 Å². The fourth-order valence-corrected chi connectivity index (χ4v) is 0.799. The van der Waals surface area contributed by atoms with E-state index in [2.05, 4.69) is 14.7 Å². The number of alkyl halides is 3. The van der Waals surface area contributed by atoms with Crippen LogP contribution in [0, 0.1) is 0 Å². The predicted molar refractivity (Wildman–Crippen MR) is 42.8 cm³/mol. The fourth-order valence-electron chi connectivity index (χ4n) is 0.799. The van der Waals surface area contributed by atoms with Crippen LogP contribution in [0.2, 0.25) is 0 Å². The van der Waals surface area contributed by atoms with E-state index in [1.54, 1.807) is 0 Å². The molecule has 0 fully saturated rings. The molecule has 0 bridgehead atoms. The quantitative estimate of drug-likeness (QED) is 0.711. The summed E-state index contributed by atoms with van der Waals surface area (Å²) in [5.74, 6) is -2.85. The third kappa shape index (κ3) is 2.33. The number of carbonyl (C=O) groups excluding carboxylic acids is 1. The van der Waals surface area contributed by atoms with Crippen LogP contribution < -0.4 is 5.73 Å². The van der Waals surface area contributed by atoms with Crippen molar-refractivity contribution < 1.29 is 22.7 Å². The number of methoxy groups -OCH3 is 1. The van der Waals surface area contributed by atoms with E-state index < -0.39 is 23.8 Å². The molecule has 15 heavy (non-hydrogen) atoms. The van der Waals surface area contributed by atoms with Gasteiger partial charge < -0.3 is 10.5 Å². The normalized spacial score (nSPS) is 11.2. The molecule has 0 unspecified atom stereocenters. The highest BCUT2D eigenvalue weighted by Gasteiger charge is 2.35. The van der Waals surface area contributed by atoms with Crippen LogP contribution in [0.25, 0.3) is 0 Å². The second kappa shape index (κ2) is 3.71. The van der Waals surface area contributed by atoms with E-state index in [1.807, 2.05) is 0 Å². The van der Waals surface area contributed by atoms with E-state index in [0.717, 1.165) is 7.11 Å². The Labute approximate surface area is 82.1 Å². The van der Waals surface area contributed by atoms with Crippen LogP contribution in [0.1, 0.15) is 16.2 Å². The number of halogens is 3. The van der Waals surface area contributed by atoms with E-state index in [0.29, 0.717) is 6.20 Å². The minimum absolute atomic E-state index is 0.300. The topological polar surface area (TPSA) is 78.1 Å². The third-order valence-electron chi connectivity index (χ3n) is 1.48. The first-order chi connectivity index (χ1) is 6.86. The summed E-state index contributed by atoms with van der Waals surface area (Å²) in [5.41, 5.74) is 4.84. The zero-order valence-electron chi connectivity index (χ0n) is 7.50. The molecule has 1 aromatic heterocycles. The Hall–Kier alpha value is -1.86. The number of ether oxygens (including phenoxy) is 1. The number of nitrogen functional groups attached to an aromatic ring is 1. The molecular weight excluding hydrogens is 215 g/mol. The van der Waals surface area contributed by atoms with Crippen molar-refractivity contribution in [2.45, 2.75) is 6.18 Å². The van der Waals surface area contributed by atoms with Gasteiger partial charge in [-0.15, -0.1) is 0 Å². The summed E-state index contributed by atoms with van der Waals surface area (Å²) >= 11 is 0. The average molecular weight is 221 g/mol. The third-order valence-corrected chi connectivity index (χ3v) is 1.48. The highest BCUT2D eigenvalue weighted by atomic mass is 19.4. The SMILES string of the molecule is COC(=O)c1cnc(C(F)(F)F)nc1N. The number of aromatic nitrogens is 2. The van der Waals surface area contributed by atoms with Gasteiger partial charge >= 0.3 is 12.1 Å². The number of rotatable bonds is 1. The first kappa shape index (κ1) is 11.2. The molecule has 2 N–H and O–H groups in total. The van der Waals surface area contributed by atoms with E-state index >= 15 is 0 Å². The van der Waals surface area contributed by atoms with Crippen molar-refractivity contribution in [2.24, 2.45) is 0 Å². The maximum Gasteiger partial charge on any atom is 0.451 e. The van der Waals surface area contributed by atoms with Crippen molar-refractivity contribution in [3.05, 3.63) is 17.6 Å². The van der Waals surface area contributed by atoms with E-state index in [1.165, 1.54) is 0 Å². The molecule has 5 nitrogen and oxygen atoms in total. The number of hydrogen-bond acceptors (Lipinski definition) is 5. The first-order valence-corrected chi connectivity index (χ1v) is 3.64. The molecular formula is C7H6F3N3O2. The van der Waals surface area contributed by atoms with Crippen molar-refractivity contribution in [3.8, 4) is 0 Å². The largest absolute Gasteiger partial charge is 0.465 e. The van der Waals surface area contributed by atoms with Gasteiger partial charge in [0.05, 0.1) is 7.11 Å². The summed E-state index contributed by atoms with van der Waals surface area (Å²) in [6.45, 7) is 0. The van der Waals surface area contributed by atoms with Gasteiger partial charge in [-0.3, -0.25) is 0 Å². The van der Waals surface area contributed by atoms with Gasteiger partial charge in [-0.25, -0.2) is 14.8 Å². The van der Waals surface area contributed by atoms with Crippen molar-refractivity contribution in [1.29, 1.82) is 0 Å². The number of anilines is 1. The number of esters is 1. The van der Waals surface area contributed by atoms with Crippen LogP contribution in [0.4, 0.5) is 19.0 Å². The molecule has 0 aliphatic carbocycles. The second-order valence-corrected chi connectivity index (χ2v) is 2.48. The van der Waals surface area contributed by atoms with E-state index in [-0.39, 0.29) is 5.56 Å². The Balaban J connectivity index is 3.15. The Morgan fingerprint density at radius 3 is 2.53 bits per heavy atom. The van der Waals surface area contributed by atoms with Crippen molar-refractivity contribution in [1.82, 2.24) is 9.97 Å². The zero-order chi connectivity index (χ0) is 11.6. The Morgan fingerprint density at radius 1 is 1.53 bits per heavy atom. The van der Waals surface area contributed by atoms with Gasteiger partial charge in [0.1, 0.15) is 11.4 Å². The number of nitrogens with zero attached hydrogens (tertiary/aromatic N) is 2. The minimum atomic E-state index is -4.69. The predicted octanol–water partition coefficient (Wildman–Crippen LogP) is 0.864. The maximum absolute atomic E-state index is 12.1. The molecule has 1 rings (SSSR count). The van der Waals surface area contributed by atoms with Gasteiger partial charge in [-0.1, -0.05) is 0 Å². The number of carbonyl (C=O) groups is 1. The molecule has 0 aliphatic heterocycles. The lowest BCUT2D eigenvalue weighted by Crippen LogP contribution is -2.15. The van der Waals surface area contributed by atoms with Crippen molar-refractivity contribution >= 4 is 11.8 Å². The van der Waals surface area contributed by atoms with Gasteiger partial charge in [0.2, 0.25) is 5.82 Å². The smallest absolute Gasteiger partial charge is 0.451 e. The molecule has 0 radical (unpaired) electrons. The summed E-state index contributed by atoms with van der Waals surface area (Å²) in [7, 11) is 1.07. The molecule has 8 heteroatoms. The molecule has 0 aromatic carbocycles. The summed E-state index contributed by atoms with van der Waals surface area (Å²) in [6, 6.07) is 0. The van der Waals surface area contributed by atoms with Crippen LogP contribution >= 0.6 is 0 Å². The summed E-state index contributed by atoms with van der Waals surface area (Å²) in [4.78, 5) is 16.8. The van der Waals surface area contributed by atoms with Crippen LogP contribution in [0.3, 0.4) is 0 Å². The number of hydrogen-bond donors (Lipinski definition) is 1. The Bertz CT molecular complexity index is 392. The van der Waals surface area contributed by atoms with Crippen LogP contribution in [0.5, 0.6) is 0 Å². The Kier molecular flexibility index (Phi) is 2.78. The van der Waals surface area contributed by atoms with Gasteiger partial charge in [0.25, 0.3) is 0 Å². The molecule has 1 heterocycles. The average Bonchev–Trinajstić information content (AvgIpc) is 2.15. The molecule has 0 saturated carbocycles. The number of nitrogens with two attached hydrogens (primary N) is 1. The van der Waals surface area contributed by atoms with Crippen molar-refractivity contribution in [3.63, 3.8) is 0 Å². The zero-order valence-corrected chi connectivity index (χ0v) is 7.50. The lowest BCUT2D eigenvalue weighted by molar-refractivity contribution is -0.144. The summed E-state index contributed by atoms with van der Waals surface area (Å²) in [6.07, 6.45) is -4.01. The molecule has 0 spiro atoms. The highest BCUT2D eigenvalue weighted by molar-refractivity contribution is 5.93. The second-order valence-electron chi connectivity index (χ2n) is 2.48. The monoisotopic (exact) mass is 221 g/mol. The molecule has 0 aliphatic rings.